The summed E-state index contributed by atoms with van der Waals surface area (Å²) < 4.78 is 0. The Bertz CT molecular complexity index is 871. The van der Waals surface area contributed by atoms with Gasteiger partial charge < -0.3 is 14.9 Å². The monoisotopic (exact) mass is 380 g/mol. The lowest BCUT2D eigenvalue weighted by molar-refractivity contribution is -0.148. The van der Waals surface area contributed by atoms with Gasteiger partial charge in [0.2, 0.25) is 5.78 Å². The van der Waals surface area contributed by atoms with Crippen LogP contribution < -0.4 is 4.90 Å². The minimum absolute atomic E-state index is 0.386. The first-order valence-corrected chi connectivity index (χ1v) is 9.33. The van der Waals surface area contributed by atoms with E-state index in [-0.39, 0.29) is 0 Å². The van der Waals surface area contributed by atoms with Crippen LogP contribution in [0.4, 0.5) is 5.69 Å². The second-order valence-electron chi connectivity index (χ2n) is 7.17. The molecule has 0 amide bonds. The number of aliphatic carboxylic acids is 1. The predicted octanol–water partition coefficient (Wildman–Crippen LogP) is 2.26. The molecule has 0 unspecified atom stereocenters. The summed E-state index contributed by atoms with van der Waals surface area (Å²) in [5, 5.41) is 8.80. The number of carboxylic acids is 1. The molecule has 1 N–H and O–H groups in total. The lowest BCUT2D eigenvalue weighted by atomic mass is 9.98. The van der Waals surface area contributed by atoms with Gasteiger partial charge in [0, 0.05) is 37.4 Å². The molecule has 0 aromatic heterocycles. The number of hydrogen-bond donors (Lipinski definition) is 1. The second kappa shape index (κ2) is 8.80. The Morgan fingerprint density at radius 2 is 1.61 bits per heavy atom. The number of carboxylic acid groups (broad SMARTS) is 1. The Morgan fingerprint density at radius 3 is 2.25 bits per heavy atom. The zero-order valence-corrected chi connectivity index (χ0v) is 15.9. The highest BCUT2D eigenvalue weighted by atomic mass is 16.4. The quantitative estimate of drug-likeness (QED) is 0.451. The van der Waals surface area contributed by atoms with Gasteiger partial charge >= 0.3 is 5.97 Å². The van der Waals surface area contributed by atoms with Crippen LogP contribution in [0.5, 0.6) is 0 Å². The van der Waals surface area contributed by atoms with E-state index >= 15 is 0 Å². The van der Waals surface area contributed by atoms with Crippen molar-refractivity contribution in [2.24, 2.45) is 0 Å². The molecule has 0 atom stereocenters. The molecule has 0 aliphatic carbocycles. The van der Waals surface area contributed by atoms with Gasteiger partial charge in [-0.25, -0.2) is 4.79 Å². The topological polar surface area (TPSA) is 77.9 Å². The smallest absolute Gasteiger partial charge is 0.372 e. The molecule has 28 heavy (non-hydrogen) atoms. The summed E-state index contributed by atoms with van der Waals surface area (Å²) in [6.45, 7) is 3.58. The minimum atomic E-state index is -1.58. The van der Waals surface area contributed by atoms with Gasteiger partial charge in [-0.05, 0) is 42.8 Å². The van der Waals surface area contributed by atoms with E-state index in [0.29, 0.717) is 12.0 Å². The minimum Gasteiger partial charge on any atom is -0.475 e. The molecule has 1 aliphatic rings. The molecule has 6 nitrogen and oxygen atoms in total. The molecule has 146 valence electrons. The van der Waals surface area contributed by atoms with E-state index in [9.17, 15) is 14.4 Å². The molecule has 1 saturated heterocycles. The SMILES string of the molecule is CN1CCN(c2cc(Cc3ccccc3)cc(C(=O)CC(=O)C(=O)O)c2)CC1. The van der Waals surface area contributed by atoms with Gasteiger partial charge in [-0.1, -0.05) is 30.3 Å². The molecule has 1 heterocycles. The molecule has 0 bridgehead atoms. The predicted molar refractivity (Wildman–Crippen MR) is 107 cm³/mol. The van der Waals surface area contributed by atoms with E-state index in [0.717, 1.165) is 43.0 Å². The number of likely N-dealkylation sites (N-methyl/N-ethyl adjacent to an activating group) is 1. The maximum atomic E-state index is 12.5. The highest BCUT2D eigenvalue weighted by Gasteiger charge is 2.21. The van der Waals surface area contributed by atoms with Crippen molar-refractivity contribution in [1.29, 1.82) is 0 Å². The van der Waals surface area contributed by atoms with Crippen molar-refractivity contribution in [3.8, 4) is 0 Å². The molecular formula is C22H24N2O4. The molecule has 2 aromatic rings. The van der Waals surface area contributed by atoms with Crippen LogP contribution in [0.15, 0.2) is 48.5 Å². The maximum absolute atomic E-state index is 12.5. The molecule has 6 heteroatoms. The van der Waals surface area contributed by atoms with E-state index in [1.807, 2.05) is 30.3 Å². The molecule has 1 fully saturated rings. The third kappa shape index (κ3) is 5.04. The van der Waals surface area contributed by atoms with Gasteiger partial charge in [0.05, 0.1) is 6.42 Å². The average Bonchev–Trinajstić information content (AvgIpc) is 2.69. The van der Waals surface area contributed by atoms with Crippen LogP contribution in [0.25, 0.3) is 0 Å². The number of rotatable bonds is 7. The third-order valence-electron chi connectivity index (χ3n) is 4.98. The summed E-state index contributed by atoms with van der Waals surface area (Å²) in [4.78, 5) is 39.3. The summed E-state index contributed by atoms with van der Waals surface area (Å²) in [6, 6.07) is 15.6. The Hall–Kier alpha value is -2.99. The average molecular weight is 380 g/mol. The van der Waals surface area contributed by atoms with E-state index in [1.54, 1.807) is 12.1 Å². The summed E-state index contributed by atoms with van der Waals surface area (Å²) in [7, 11) is 2.08. The second-order valence-corrected chi connectivity index (χ2v) is 7.17. The Morgan fingerprint density at radius 1 is 0.929 bits per heavy atom. The van der Waals surface area contributed by atoms with Gasteiger partial charge in [0.25, 0.3) is 0 Å². The molecule has 0 radical (unpaired) electrons. The van der Waals surface area contributed by atoms with Gasteiger partial charge in [0.1, 0.15) is 0 Å². The number of ketones is 2. The van der Waals surface area contributed by atoms with Crippen molar-refractivity contribution >= 4 is 23.2 Å². The molecule has 2 aromatic carbocycles. The highest BCUT2D eigenvalue weighted by molar-refractivity contribution is 6.37. The largest absolute Gasteiger partial charge is 0.475 e. The van der Waals surface area contributed by atoms with Gasteiger partial charge in [-0.3, -0.25) is 9.59 Å². The molecule has 1 aliphatic heterocycles. The first-order chi connectivity index (χ1) is 13.4. The van der Waals surface area contributed by atoms with Crippen LogP contribution in [-0.2, 0) is 16.0 Å². The normalized spacial score (nSPS) is 14.7. The molecule has 0 spiro atoms. The van der Waals surface area contributed by atoms with Crippen LogP contribution in [0.2, 0.25) is 0 Å². The van der Waals surface area contributed by atoms with Gasteiger partial charge in [-0.2, -0.15) is 0 Å². The fourth-order valence-corrected chi connectivity index (χ4v) is 3.34. The number of piperazine rings is 1. The Labute approximate surface area is 164 Å². The fraction of sp³-hybridized carbons (Fsp3) is 0.318. The lowest BCUT2D eigenvalue weighted by Gasteiger charge is -2.34. The first kappa shape index (κ1) is 19.8. The summed E-state index contributed by atoms with van der Waals surface area (Å²) >= 11 is 0. The van der Waals surface area contributed by atoms with Crippen LogP contribution >= 0.6 is 0 Å². The Balaban J connectivity index is 1.90. The highest BCUT2D eigenvalue weighted by Crippen LogP contribution is 2.23. The van der Waals surface area contributed by atoms with Crippen LogP contribution in [-0.4, -0.2) is 60.8 Å². The number of nitrogens with zero attached hydrogens (tertiary/aromatic N) is 2. The summed E-state index contributed by atoms with van der Waals surface area (Å²) in [6.07, 6.45) is 0.0435. The number of benzene rings is 2. The fourth-order valence-electron chi connectivity index (χ4n) is 3.34. The van der Waals surface area contributed by atoms with Crippen molar-refractivity contribution in [1.82, 2.24) is 4.90 Å². The zero-order valence-electron chi connectivity index (χ0n) is 15.9. The molecule has 3 rings (SSSR count). The van der Waals surface area contributed by atoms with Crippen LogP contribution in [0, 0.1) is 0 Å². The Kier molecular flexibility index (Phi) is 6.21. The molecular weight excluding hydrogens is 356 g/mol. The maximum Gasteiger partial charge on any atom is 0.372 e. The van der Waals surface area contributed by atoms with Crippen molar-refractivity contribution < 1.29 is 19.5 Å². The van der Waals surface area contributed by atoms with Crippen molar-refractivity contribution in [3.63, 3.8) is 0 Å². The first-order valence-electron chi connectivity index (χ1n) is 9.33. The van der Waals surface area contributed by atoms with E-state index in [4.69, 9.17) is 5.11 Å². The van der Waals surface area contributed by atoms with Gasteiger partial charge in [-0.15, -0.1) is 0 Å². The number of carbonyl (C=O) groups is 3. The zero-order chi connectivity index (χ0) is 20.1. The number of hydrogen-bond acceptors (Lipinski definition) is 5. The summed E-state index contributed by atoms with van der Waals surface area (Å²) in [5.74, 6) is -3.12. The van der Waals surface area contributed by atoms with Crippen LogP contribution in [0.3, 0.4) is 0 Å². The number of Topliss-reactive ketones (excluding diaryl/α,β-unsaturated/α-hetero) is 2. The number of carbonyl (C=O) groups excluding carboxylic acids is 2. The van der Waals surface area contributed by atoms with Crippen LogP contribution in [0.1, 0.15) is 27.9 Å². The lowest BCUT2D eigenvalue weighted by Crippen LogP contribution is -2.44. The number of anilines is 1. The van der Waals surface area contributed by atoms with E-state index < -0.39 is 24.0 Å². The van der Waals surface area contributed by atoms with E-state index in [2.05, 4.69) is 22.9 Å². The standard InChI is InChI=1S/C22H24N2O4/c1-23-7-9-24(10-8-23)19-13-17(11-16-5-3-2-4-6-16)12-18(14-19)20(25)15-21(26)22(27)28/h2-6,12-14H,7-11,15H2,1H3,(H,27,28). The van der Waals surface area contributed by atoms with E-state index in [1.165, 1.54) is 0 Å². The molecule has 0 saturated carbocycles. The van der Waals surface area contributed by atoms with Crippen molar-refractivity contribution in [2.45, 2.75) is 12.8 Å². The summed E-state index contributed by atoms with van der Waals surface area (Å²) in [5.41, 5.74) is 3.41. The van der Waals surface area contributed by atoms with Gasteiger partial charge in [0.15, 0.2) is 5.78 Å². The third-order valence-corrected chi connectivity index (χ3v) is 4.98. The van der Waals surface area contributed by atoms with Crippen molar-refractivity contribution in [3.05, 3.63) is 65.2 Å². The van der Waals surface area contributed by atoms with Crippen molar-refractivity contribution in [2.75, 3.05) is 38.1 Å².